The third-order valence-corrected chi connectivity index (χ3v) is 3.49. The van der Waals surface area contributed by atoms with Gasteiger partial charge in [-0.3, -0.25) is 0 Å². The number of nitriles is 1. The fourth-order valence-electron chi connectivity index (χ4n) is 2.33. The Morgan fingerprint density at radius 3 is 2.15 bits per heavy atom. The first-order chi connectivity index (χ1) is 9.43. The van der Waals surface area contributed by atoms with Crippen molar-refractivity contribution in [2.75, 3.05) is 5.32 Å². The topological polar surface area (TPSA) is 61.6 Å². The maximum Gasteiger partial charge on any atom is 0.171 e. The Morgan fingerprint density at radius 1 is 1.00 bits per heavy atom. The van der Waals surface area contributed by atoms with Crippen molar-refractivity contribution in [2.45, 2.75) is 34.6 Å². The summed E-state index contributed by atoms with van der Waals surface area (Å²) in [4.78, 5) is 0. The lowest BCUT2D eigenvalue weighted by Gasteiger charge is -2.14. The highest BCUT2D eigenvalue weighted by atomic mass is 15.2. The highest BCUT2D eigenvalue weighted by molar-refractivity contribution is 5.69. The van der Waals surface area contributed by atoms with Gasteiger partial charge in [0.25, 0.3) is 0 Å². The van der Waals surface area contributed by atoms with Gasteiger partial charge in [0.1, 0.15) is 11.6 Å². The van der Waals surface area contributed by atoms with Crippen LogP contribution < -0.4 is 5.32 Å². The van der Waals surface area contributed by atoms with E-state index in [4.69, 9.17) is 0 Å². The van der Waals surface area contributed by atoms with E-state index in [9.17, 15) is 5.26 Å². The van der Waals surface area contributed by atoms with E-state index in [0.717, 1.165) is 28.1 Å². The maximum absolute atomic E-state index is 9.33. The Bertz CT molecular complexity index is 688. The van der Waals surface area contributed by atoms with E-state index >= 15 is 0 Å². The van der Waals surface area contributed by atoms with E-state index < -0.39 is 0 Å². The second kappa shape index (κ2) is 5.30. The van der Waals surface area contributed by atoms with Crippen LogP contribution in [0.25, 0.3) is 0 Å². The molecule has 2 rings (SSSR count). The number of aryl methyl sites for hydroxylation is 4. The van der Waals surface area contributed by atoms with Crippen LogP contribution in [0.4, 0.5) is 11.5 Å². The van der Waals surface area contributed by atoms with E-state index in [1.807, 2.05) is 27.7 Å². The molecule has 0 radical (unpaired) electrons. The van der Waals surface area contributed by atoms with Crippen LogP contribution >= 0.6 is 0 Å². The van der Waals surface area contributed by atoms with Gasteiger partial charge in [0, 0.05) is 5.69 Å². The Balaban J connectivity index is 2.52. The molecule has 4 nitrogen and oxygen atoms in total. The Kier molecular flexibility index (Phi) is 3.71. The molecule has 0 saturated carbocycles. The highest BCUT2D eigenvalue weighted by Gasteiger charge is 2.13. The van der Waals surface area contributed by atoms with Crippen molar-refractivity contribution in [1.82, 2.24) is 10.2 Å². The summed E-state index contributed by atoms with van der Waals surface area (Å²) < 4.78 is 0. The summed E-state index contributed by atoms with van der Waals surface area (Å²) in [5, 5.41) is 20.8. The number of rotatable bonds is 2. The van der Waals surface area contributed by atoms with Crippen molar-refractivity contribution >= 4 is 11.5 Å². The zero-order chi connectivity index (χ0) is 14.9. The van der Waals surface area contributed by atoms with Gasteiger partial charge >= 0.3 is 0 Å². The van der Waals surface area contributed by atoms with E-state index in [1.54, 1.807) is 0 Å². The van der Waals surface area contributed by atoms with Crippen LogP contribution in [-0.2, 0) is 0 Å². The molecule has 0 fully saturated rings. The first-order valence-corrected chi connectivity index (χ1v) is 6.53. The molecule has 2 aromatic rings. The predicted octanol–water partition coefficient (Wildman–Crippen LogP) is 3.63. The second-order valence-electron chi connectivity index (χ2n) is 5.14. The zero-order valence-electron chi connectivity index (χ0n) is 12.5. The van der Waals surface area contributed by atoms with Gasteiger partial charge in [0.15, 0.2) is 5.82 Å². The molecule has 0 spiro atoms. The minimum atomic E-state index is 0.519. The van der Waals surface area contributed by atoms with E-state index in [-0.39, 0.29) is 0 Å². The van der Waals surface area contributed by atoms with Crippen LogP contribution in [0.3, 0.4) is 0 Å². The molecule has 0 aliphatic heterocycles. The molecular weight excluding hydrogens is 248 g/mol. The van der Waals surface area contributed by atoms with Gasteiger partial charge in [-0.25, -0.2) is 0 Å². The van der Waals surface area contributed by atoms with Crippen LogP contribution in [0.2, 0.25) is 0 Å². The van der Waals surface area contributed by atoms with Crippen molar-refractivity contribution in [3.05, 3.63) is 45.6 Å². The van der Waals surface area contributed by atoms with Crippen molar-refractivity contribution in [2.24, 2.45) is 0 Å². The summed E-state index contributed by atoms with van der Waals surface area (Å²) in [6.07, 6.45) is 0. The average Bonchev–Trinajstić information content (AvgIpc) is 2.38. The summed E-state index contributed by atoms with van der Waals surface area (Å²) in [6.45, 7) is 9.91. The molecule has 20 heavy (non-hydrogen) atoms. The summed E-state index contributed by atoms with van der Waals surface area (Å²) >= 11 is 0. The molecular formula is C16H18N4. The minimum absolute atomic E-state index is 0.519. The first kappa shape index (κ1) is 14.0. The molecule has 0 saturated heterocycles. The van der Waals surface area contributed by atoms with Crippen molar-refractivity contribution in [3.8, 4) is 6.07 Å². The smallest absolute Gasteiger partial charge is 0.171 e. The lowest BCUT2D eigenvalue weighted by molar-refractivity contribution is 0.959. The van der Waals surface area contributed by atoms with Crippen LogP contribution in [0.15, 0.2) is 12.1 Å². The summed E-state index contributed by atoms with van der Waals surface area (Å²) in [5.41, 5.74) is 6.67. The Hall–Kier alpha value is -2.41. The van der Waals surface area contributed by atoms with Crippen molar-refractivity contribution in [3.63, 3.8) is 0 Å². The highest BCUT2D eigenvalue weighted by Crippen LogP contribution is 2.27. The van der Waals surface area contributed by atoms with Crippen molar-refractivity contribution in [1.29, 1.82) is 5.26 Å². The second-order valence-corrected chi connectivity index (χ2v) is 5.14. The molecule has 4 heteroatoms. The number of nitrogens with zero attached hydrogens (tertiary/aromatic N) is 3. The van der Waals surface area contributed by atoms with Crippen molar-refractivity contribution < 1.29 is 0 Å². The average molecular weight is 266 g/mol. The molecule has 0 amide bonds. The third kappa shape index (κ3) is 2.48. The standard InChI is InChI=1S/C16H18N4/c1-9-6-10(2)15(11(3)7-9)18-16-14(8-17)12(4)13(5)19-20-16/h6-7H,1-5H3,(H,18,20). The summed E-state index contributed by atoms with van der Waals surface area (Å²) in [7, 11) is 0. The third-order valence-electron chi connectivity index (χ3n) is 3.49. The summed E-state index contributed by atoms with van der Waals surface area (Å²) in [6, 6.07) is 6.42. The molecule has 0 aliphatic carbocycles. The molecule has 1 N–H and O–H groups in total. The zero-order valence-corrected chi connectivity index (χ0v) is 12.5. The van der Waals surface area contributed by atoms with Gasteiger partial charge in [-0.05, 0) is 51.3 Å². The number of benzene rings is 1. The first-order valence-electron chi connectivity index (χ1n) is 6.53. The predicted molar refractivity (Wildman–Crippen MR) is 80.2 cm³/mol. The van der Waals surface area contributed by atoms with Gasteiger partial charge in [-0.15, -0.1) is 5.10 Å². The van der Waals surface area contributed by atoms with Gasteiger partial charge in [-0.2, -0.15) is 10.4 Å². The van der Waals surface area contributed by atoms with E-state index in [0.29, 0.717) is 11.4 Å². The molecule has 102 valence electrons. The fourth-order valence-corrected chi connectivity index (χ4v) is 2.33. The lowest BCUT2D eigenvalue weighted by Crippen LogP contribution is -2.05. The molecule has 1 aromatic carbocycles. The molecule has 0 bridgehead atoms. The number of aromatic nitrogens is 2. The van der Waals surface area contributed by atoms with Crippen LogP contribution in [-0.4, -0.2) is 10.2 Å². The van der Waals surface area contributed by atoms with Crippen LogP contribution in [0.5, 0.6) is 0 Å². The van der Waals surface area contributed by atoms with Gasteiger partial charge in [0.2, 0.25) is 0 Å². The SMILES string of the molecule is Cc1cc(C)c(Nc2nnc(C)c(C)c2C#N)c(C)c1. The largest absolute Gasteiger partial charge is 0.337 e. The number of nitrogens with one attached hydrogen (secondary N) is 1. The van der Waals surface area contributed by atoms with Gasteiger partial charge in [-0.1, -0.05) is 17.7 Å². The Morgan fingerprint density at radius 2 is 1.60 bits per heavy atom. The summed E-state index contributed by atoms with van der Waals surface area (Å²) in [5.74, 6) is 0.519. The number of hydrogen-bond acceptors (Lipinski definition) is 4. The lowest BCUT2D eigenvalue weighted by atomic mass is 10.0. The molecule has 0 atom stereocenters. The normalized spacial score (nSPS) is 10.2. The van der Waals surface area contributed by atoms with Gasteiger partial charge in [0.05, 0.1) is 5.69 Å². The Labute approximate surface area is 119 Å². The molecule has 1 aromatic heterocycles. The molecule has 1 heterocycles. The number of hydrogen-bond donors (Lipinski definition) is 1. The molecule has 0 aliphatic rings. The van der Waals surface area contributed by atoms with Crippen LogP contribution in [0.1, 0.15) is 33.5 Å². The fraction of sp³-hybridized carbons (Fsp3) is 0.312. The van der Waals surface area contributed by atoms with Crippen LogP contribution in [0, 0.1) is 45.9 Å². The van der Waals surface area contributed by atoms with Gasteiger partial charge < -0.3 is 5.32 Å². The minimum Gasteiger partial charge on any atom is -0.337 e. The molecule has 0 unspecified atom stereocenters. The quantitative estimate of drug-likeness (QED) is 0.901. The maximum atomic E-state index is 9.33. The number of anilines is 2. The van der Waals surface area contributed by atoms with E-state index in [1.165, 1.54) is 5.56 Å². The monoisotopic (exact) mass is 266 g/mol. The van der Waals surface area contributed by atoms with E-state index in [2.05, 4.69) is 40.6 Å².